The van der Waals surface area contributed by atoms with Crippen LogP contribution >= 0.6 is 11.3 Å². The lowest BCUT2D eigenvalue weighted by atomic mass is 10.4. The molecule has 0 bridgehead atoms. The first-order valence-corrected chi connectivity index (χ1v) is 5.62. The van der Waals surface area contributed by atoms with Gasteiger partial charge in [0.15, 0.2) is 0 Å². The Morgan fingerprint density at radius 2 is 2.29 bits per heavy atom. The summed E-state index contributed by atoms with van der Waals surface area (Å²) in [4.78, 5) is 15.9. The zero-order chi connectivity index (χ0) is 12.4. The van der Waals surface area contributed by atoms with Crippen molar-refractivity contribution >= 4 is 16.5 Å². The Labute approximate surface area is 101 Å². The van der Waals surface area contributed by atoms with Gasteiger partial charge in [0.2, 0.25) is 5.13 Å². The third-order valence-corrected chi connectivity index (χ3v) is 2.80. The third-order valence-electron chi connectivity index (χ3n) is 2.06. The van der Waals surface area contributed by atoms with E-state index in [1.807, 2.05) is 0 Å². The van der Waals surface area contributed by atoms with Gasteiger partial charge in [0.1, 0.15) is 5.01 Å². The summed E-state index contributed by atoms with van der Waals surface area (Å²) in [6.45, 7) is 1.99. The molecule has 8 heteroatoms. The van der Waals surface area contributed by atoms with Crippen LogP contribution in [0.4, 0.5) is 5.13 Å². The molecular formula is C9H11N5O2S. The number of nitrogens with zero attached hydrogens (tertiary/aromatic N) is 4. The molecule has 0 aliphatic rings. The number of nitrogen functional groups attached to an aromatic ring is 1. The van der Waals surface area contributed by atoms with Crippen LogP contribution in [0.2, 0.25) is 0 Å². The highest BCUT2D eigenvalue weighted by Gasteiger charge is 2.10. The normalized spacial score (nSPS) is 10.5. The maximum absolute atomic E-state index is 11.8. The van der Waals surface area contributed by atoms with Crippen molar-refractivity contribution in [2.24, 2.45) is 0 Å². The standard InChI is InChI=1S/C9H11N5O2S/c1-5-3-7(15)14(9(11-5)16-2)4-6-12-13-8(10)17-6/h3H,4H2,1-2H3,(H2,10,13). The quantitative estimate of drug-likeness (QED) is 0.829. The summed E-state index contributed by atoms with van der Waals surface area (Å²) < 4.78 is 6.44. The molecule has 17 heavy (non-hydrogen) atoms. The fourth-order valence-electron chi connectivity index (χ4n) is 1.36. The molecule has 0 unspecified atom stereocenters. The number of anilines is 1. The number of hydrogen-bond acceptors (Lipinski definition) is 7. The van der Waals surface area contributed by atoms with Gasteiger partial charge in [0.05, 0.1) is 13.7 Å². The first-order chi connectivity index (χ1) is 8.10. The molecule has 0 aliphatic heterocycles. The molecule has 7 nitrogen and oxygen atoms in total. The van der Waals surface area contributed by atoms with Gasteiger partial charge in [-0.15, -0.1) is 10.2 Å². The highest BCUT2D eigenvalue weighted by atomic mass is 32.1. The van der Waals surface area contributed by atoms with Crippen molar-refractivity contribution in [1.29, 1.82) is 0 Å². The fraction of sp³-hybridized carbons (Fsp3) is 0.333. The van der Waals surface area contributed by atoms with Gasteiger partial charge in [-0.05, 0) is 6.92 Å². The van der Waals surface area contributed by atoms with Crippen molar-refractivity contribution in [2.45, 2.75) is 13.5 Å². The van der Waals surface area contributed by atoms with Gasteiger partial charge < -0.3 is 10.5 Å². The molecule has 2 heterocycles. The first-order valence-electron chi connectivity index (χ1n) is 4.80. The SMILES string of the molecule is COc1nc(C)cc(=O)n1Cc1nnc(N)s1. The van der Waals surface area contributed by atoms with E-state index >= 15 is 0 Å². The monoisotopic (exact) mass is 253 g/mol. The van der Waals surface area contributed by atoms with E-state index in [0.717, 1.165) is 0 Å². The molecule has 2 rings (SSSR count). The highest BCUT2D eigenvalue weighted by molar-refractivity contribution is 7.15. The lowest BCUT2D eigenvalue weighted by Crippen LogP contribution is -2.23. The Bertz CT molecular complexity index is 591. The molecule has 0 saturated carbocycles. The van der Waals surface area contributed by atoms with Crippen LogP contribution in [0.3, 0.4) is 0 Å². The highest BCUT2D eigenvalue weighted by Crippen LogP contribution is 2.14. The smallest absolute Gasteiger partial charge is 0.299 e. The Balaban J connectivity index is 2.41. The Kier molecular flexibility index (Phi) is 3.05. The van der Waals surface area contributed by atoms with Gasteiger partial charge >= 0.3 is 0 Å². The Morgan fingerprint density at radius 1 is 1.53 bits per heavy atom. The topological polar surface area (TPSA) is 95.9 Å². The predicted molar refractivity (Wildman–Crippen MR) is 63.2 cm³/mol. The third kappa shape index (κ3) is 2.41. The molecule has 0 aliphatic carbocycles. The first kappa shape index (κ1) is 11.5. The van der Waals surface area contributed by atoms with Crippen LogP contribution in [0, 0.1) is 6.92 Å². The molecule has 90 valence electrons. The van der Waals surface area contributed by atoms with E-state index in [1.165, 1.54) is 29.1 Å². The van der Waals surface area contributed by atoms with E-state index < -0.39 is 0 Å². The van der Waals surface area contributed by atoms with Gasteiger partial charge in [0.25, 0.3) is 11.6 Å². The number of aryl methyl sites for hydroxylation is 1. The van der Waals surface area contributed by atoms with Crippen molar-refractivity contribution in [3.63, 3.8) is 0 Å². The van der Waals surface area contributed by atoms with Crippen LogP contribution in [0.1, 0.15) is 10.7 Å². The van der Waals surface area contributed by atoms with Crippen molar-refractivity contribution in [2.75, 3.05) is 12.8 Å². The molecule has 2 aromatic heterocycles. The largest absolute Gasteiger partial charge is 0.468 e. The number of nitrogens with two attached hydrogens (primary N) is 1. The van der Waals surface area contributed by atoms with E-state index in [9.17, 15) is 4.79 Å². The fourth-order valence-corrected chi connectivity index (χ4v) is 1.96. The molecule has 0 aromatic carbocycles. The summed E-state index contributed by atoms with van der Waals surface area (Å²) in [6, 6.07) is 1.69. The summed E-state index contributed by atoms with van der Waals surface area (Å²) >= 11 is 1.23. The summed E-state index contributed by atoms with van der Waals surface area (Å²) in [5.74, 6) is 0. The van der Waals surface area contributed by atoms with E-state index in [0.29, 0.717) is 15.8 Å². The Morgan fingerprint density at radius 3 is 2.88 bits per heavy atom. The number of aromatic nitrogens is 4. The van der Waals surface area contributed by atoms with Crippen LogP contribution in [0.25, 0.3) is 0 Å². The molecule has 0 atom stereocenters. The van der Waals surface area contributed by atoms with Crippen molar-refractivity contribution < 1.29 is 4.74 Å². The molecule has 0 saturated heterocycles. The van der Waals surface area contributed by atoms with Crippen LogP contribution in [0.15, 0.2) is 10.9 Å². The van der Waals surface area contributed by atoms with E-state index in [2.05, 4.69) is 15.2 Å². The van der Waals surface area contributed by atoms with Gasteiger partial charge in [-0.2, -0.15) is 0 Å². The molecule has 0 amide bonds. The summed E-state index contributed by atoms with van der Waals surface area (Å²) in [6.07, 6.45) is 0. The number of hydrogen-bond donors (Lipinski definition) is 1. The van der Waals surface area contributed by atoms with E-state index in [4.69, 9.17) is 10.5 Å². The minimum absolute atomic E-state index is 0.192. The Hall–Kier alpha value is -1.96. The zero-order valence-corrected chi connectivity index (χ0v) is 10.2. The second kappa shape index (κ2) is 4.50. The van der Waals surface area contributed by atoms with Gasteiger partial charge in [-0.3, -0.25) is 9.36 Å². The van der Waals surface area contributed by atoms with Crippen LogP contribution in [0.5, 0.6) is 6.01 Å². The second-order valence-electron chi connectivity index (χ2n) is 3.34. The van der Waals surface area contributed by atoms with Crippen molar-refractivity contribution in [1.82, 2.24) is 19.7 Å². The minimum Gasteiger partial charge on any atom is -0.468 e. The van der Waals surface area contributed by atoms with E-state index in [1.54, 1.807) is 6.92 Å². The predicted octanol–water partition coefficient (Wildman–Crippen LogP) is 0.0423. The molecule has 0 radical (unpaired) electrons. The van der Waals surface area contributed by atoms with E-state index in [-0.39, 0.29) is 18.1 Å². The number of rotatable bonds is 3. The lowest BCUT2D eigenvalue weighted by molar-refractivity contribution is 0.349. The second-order valence-corrected chi connectivity index (χ2v) is 4.44. The minimum atomic E-state index is -0.192. The zero-order valence-electron chi connectivity index (χ0n) is 9.38. The molecule has 0 fully saturated rings. The maximum atomic E-state index is 11.8. The molecule has 2 aromatic rings. The maximum Gasteiger partial charge on any atom is 0.299 e. The van der Waals surface area contributed by atoms with Gasteiger partial charge in [0, 0.05) is 11.8 Å². The van der Waals surface area contributed by atoms with Crippen LogP contribution < -0.4 is 16.0 Å². The van der Waals surface area contributed by atoms with Crippen molar-refractivity contribution in [3.8, 4) is 6.01 Å². The number of methoxy groups -OCH3 is 1. The van der Waals surface area contributed by atoms with Gasteiger partial charge in [-0.1, -0.05) is 11.3 Å². The molecular weight excluding hydrogens is 242 g/mol. The van der Waals surface area contributed by atoms with Crippen LogP contribution in [-0.4, -0.2) is 26.9 Å². The van der Waals surface area contributed by atoms with Crippen molar-refractivity contribution in [3.05, 3.63) is 27.1 Å². The van der Waals surface area contributed by atoms with Gasteiger partial charge in [-0.25, -0.2) is 4.98 Å². The lowest BCUT2D eigenvalue weighted by Gasteiger charge is -2.08. The number of ether oxygens (including phenoxy) is 1. The average molecular weight is 253 g/mol. The van der Waals surface area contributed by atoms with Crippen LogP contribution in [-0.2, 0) is 6.54 Å². The summed E-state index contributed by atoms with van der Waals surface area (Å²) in [5.41, 5.74) is 5.90. The molecule has 2 N–H and O–H groups in total. The average Bonchev–Trinajstić information content (AvgIpc) is 2.67. The summed E-state index contributed by atoms with van der Waals surface area (Å²) in [5, 5.41) is 8.54. The molecule has 0 spiro atoms. The summed E-state index contributed by atoms with van der Waals surface area (Å²) in [7, 11) is 1.46.